The van der Waals surface area contributed by atoms with Crippen LogP contribution in [0.5, 0.6) is 5.75 Å². The number of rotatable bonds is 5. The molecule has 110 valence electrons. The van der Waals surface area contributed by atoms with E-state index in [0.717, 1.165) is 27.7 Å². The van der Waals surface area contributed by atoms with E-state index in [1.165, 1.54) is 11.3 Å². The van der Waals surface area contributed by atoms with Crippen LogP contribution in [0, 0.1) is 0 Å². The van der Waals surface area contributed by atoms with Crippen molar-refractivity contribution in [3.63, 3.8) is 0 Å². The minimum Gasteiger partial charge on any atom is -0.490 e. The zero-order valence-electron chi connectivity index (χ0n) is 12.0. The summed E-state index contributed by atoms with van der Waals surface area (Å²) >= 11 is 1.51. The molecule has 0 amide bonds. The molecule has 1 aromatic carbocycles. The second-order valence-corrected chi connectivity index (χ2v) is 5.96. The topological polar surface area (TPSA) is 78.3 Å². The van der Waals surface area contributed by atoms with E-state index in [0.29, 0.717) is 12.4 Å². The molecule has 21 heavy (non-hydrogen) atoms. The molecule has 0 saturated carbocycles. The van der Waals surface area contributed by atoms with Gasteiger partial charge in [-0.15, -0.1) is 10.2 Å². The van der Waals surface area contributed by atoms with Crippen molar-refractivity contribution in [2.75, 3.05) is 6.54 Å². The molecule has 0 aliphatic heterocycles. The summed E-state index contributed by atoms with van der Waals surface area (Å²) < 4.78 is 7.61. The standard InChI is InChI=1S/C14H17N5OS/c1-9(2)20-11-6-4-3-5-10(11)13-16-17-14-19(13)18-12(21-14)7-8-15/h3-6,9H,7-8,15H2,1-2H3. The van der Waals surface area contributed by atoms with E-state index in [9.17, 15) is 0 Å². The molecular weight excluding hydrogens is 286 g/mol. The van der Waals surface area contributed by atoms with Crippen LogP contribution in [0.3, 0.4) is 0 Å². The molecule has 3 rings (SSSR count). The average molecular weight is 303 g/mol. The van der Waals surface area contributed by atoms with Gasteiger partial charge in [0.2, 0.25) is 4.96 Å². The zero-order valence-corrected chi connectivity index (χ0v) is 12.8. The Morgan fingerprint density at radius 1 is 1.29 bits per heavy atom. The Bertz CT molecular complexity index is 749. The SMILES string of the molecule is CC(C)Oc1ccccc1-c1nnc2sc(CCN)nn12. The Morgan fingerprint density at radius 2 is 2.10 bits per heavy atom. The first kappa shape index (κ1) is 14.0. The Hall–Kier alpha value is -1.99. The highest BCUT2D eigenvalue weighted by Gasteiger charge is 2.16. The zero-order chi connectivity index (χ0) is 14.8. The van der Waals surface area contributed by atoms with Gasteiger partial charge in [-0.2, -0.15) is 9.61 Å². The predicted molar refractivity (Wildman–Crippen MR) is 82.6 cm³/mol. The van der Waals surface area contributed by atoms with Gasteiger partial charge in [0.1, 0.15) is 10.8 Å². The molecule has 0 aliphatic carbocycles. The molecule has 0 saturated heterocycles. The summed E-state index contributed by atoms with van der Waals surface area (Å²) in [5, 5.41) is 13.9. The molecule has 0 bridgehead atoms. The fourth-order valence-corrected chi connectivity index (χ4v) is 2.91. The number of nitrogens with two attached hydrogens (primary N) is 1. The molecule has 2 heterocycles. The van der Waals surface area contributed by atoms with Crippen LogP contribution in [0.2, 0.25) is 0 Å². The van der Waals surface area contributed by atoms with Crippen molar-refractivity contribution in [2.45, 2.75) is 26.4 Å². The number of hydrogen-bond acceptors (Lipinski definition) is 6. The van der Waals surface area contributed by atoms with Gasteiger partial charge < -0.3 is 10.5 Å². The molecule has 6 nitrogen and oxygen atoms in total. The van der Waals surface area contributed by atoms with E-state index >= 15 is 0 Å². The van der Waals surface area contributed by atoms with Crippen LogP contribution in [0.1, 0.15) is 18.9 Å². The maximum atomic E-state index is 5.85. The second kappa shape index (κ2) is 5.79. The van der Waals surface area contributed by atoms with Crippen LogP contribution >= 0.6 is 11.3 Å². The summed E-state index contributed by atoms with van der Waals surface area (Å²) in [5.74, 6) is 1.48. The normalized spacial score (nSPS) is 11.4. The molecule has 2 aromatic heterocycles. The van der Waals surface area contributed by atoms with E-state index in [1.807, 2.05) is 38.1 Å². The van der Waals surface area contributed by atoms with Gasteiger partial charge in [-0.05, 0) is 32.5 Å². The van der Waals surface area contributed by atoms with Crippen LogP contribution in [0.15, 0.2) is 24.3 Å². The van der Waals surface area contributed by atoms with E-state index < -0.39 is 0 Å². The quantitative estimate of drug-likeness (QED) is 0.781. The number of aromatic nitrogens is 4. The number of fused-ring (bicyclic) bond motifs is 1. The first-order valence-corrected chi connectivity index (χ1v) is 7.68. The van der Waals surface area contributed by atoms with Gasteiger partial charge in [-0.1, -0.05) is 23.5 Å². The minimum absolute atomic E-state index is 0.0952. The second-order valence-electron chi connectivity index (χ2n) is 4.92. The average Bonchev–Trinajstić information content (AvgIpc) is 2.99. The predicted octanol–water partition coefficient (Wildman–Crippen LogP) is 2.14. The van der Waals surface area contributed by atoms with Crippen molar-refractivity contribution in [1.82, 2.24) is 19.8 Å². The minimum atomic E-state index is 0.0952. The Balaban J connectivity index is 2.07. The lowest BCUT2D eigenvalue weighted by atomic mass is 10.2. The van der Waals surface area contributed by atoms with Gasteiger partial charge in [0, 0.05) is 6.42 Å². The molecule has 0 radical (unpaired) electrons. The largest absolute Gasteiger partial charge is 0.490 e. The van der Waals surface area contributed by atoms with Crippen molar-refractivity contribution in [3.8, 4) is 17.1 Å². The summed E-state index contributed by atoms with van der Waals surface area (Å²) in [6.45, 7) is 4.57. The van der Waals surface area contributed by atoms with E-state index in [1.54, 1.807) is 4.52 Å². The monoisotopic (exact) mass is 303 g/mol. The molecule has 0 atom stereocenters. The van der Waals surface area contributed by atoms with E-state index in [-0.39, 0.29) is 6.10 Å². The summed E-state index contributed by atoms with van der Waals surface area (Å²) in [5.41, 5.74) is 6.47. The fraction of sp³-hybridized carbons (Fsp3) is 0.357. The number of hydrogen-bond donors (Lipinski definition) is 1. The van der Waals surface area contributed by atoms with E-state index in [2.05, 4.69) is 15.3 Å². The van der Waals surface area contributed by atoms with Gasteiger partial charge in [0.05, 0.1) is 11.7 Å². The summed E-state index contributed by atoms with van der Waals surface area (Å²) in [6.07, 6.45) is 0.843. The molecule has 7 heteroatoms. The van der Waals surface area contributed by atoms with Crippen LogP contribution in [0.25, 0.3) is 16.3 Å². The van der Waals surface area contributed by atoms with Crippen molar-refractivity contribution < 1.29 is 4.74 Å². The van der Waals surface area contributed by atoms with Crippen LogP contribution < -0.4 is 10.5 Å². The molecule has 0 fully saturated rings. The maximum absolute atomic E-state index is 5.85. The third kappa shape index (κ3) is 2.74. The van der Waals surface area contributed by atoms with Crippen molar-refractivity contribution in [2.24, 2.45) is 5.73 Å². The smallest absolute Gasteiger partial charge is 0.234 e. The third-order valence-electron chi connectivity index (χ3n) is 2.88. The maximum Gasteiger partial charge on any atom is 0.234 e. The van der Waals surface area contributed by atoms with Gasteiger partial charge in [0.15, 0.2) is 5.82 Å². The first-order chi connectivity index (χ1) is 10.2. The number of para-hydroxylation sites is 1. The highest BCUT2D eigenvalue weighted by Crippen LogP contribution is 2.30. The van der Waals surface area contributed by atoms with Gasteiger partial charge in [0.25, 0.3) is 0 Å². The van der Waals surface area contributed by atoms with Crippen LogP contribution in [0.4, 0.5) is 0 Å². The highest BCUT2D eigenvalue weighted by atomic mass is 32.1. The molecule has 2 N–H and O–H groups in total. The summed E-state index contributed by atoms with van der Waals surface area (Å²) in [4.78, 5) is 0.771. The Kier molecular flexibility index (Phi) is 3.85. The molecule has 0 aliphatic rings. The van der Waals surface area contributed by atoms with Crippen molar-refractivity contribution >= 4 is 16.3 Å². The molecular formula is C14H17N5OS. The summed E-state index contributed by atoms with van der Waals surface area (Å²) in [7, 11) is 0. The lowest BCUT2D eigenvalue weighted by Gasteiger charge is -2.12. The molecule has 0 spiro atoms. The van der Waals surface area contributed by atoms with Crippen molar-refractivity contribution in [3.05, 3.63) is 29.3 Å². The number of nitrogens with zero attached hydrogens (tertiary/aromatic N) is 4. The summed E-state index contributed by atoms with van der Waals surface area (Å²) in [6, 6.07) is 7.80. The van der Waals surface area contributed by atoms with E-state index in [4.69, 9.17) is 10.5 Å². The van der Waals surface area contributed by atoms with Crippen LogP contribution in [-0.2, 0) is 6.42 Å². The van der Waals surface area contributed by atoms with Gasteiger partial charge >= 0.3 is 0 Å². The van der Waals surface area contributed by atoms with Gasteiger partial charge in [-0.3, -0.25) is 0 Å². The lowest BCUT2D eigenvalue weighted by Crippen LogP contribution is -2.07. The lowest BCUT2D eigenvalue weighted by molar-refractivity contribution is 0.243. The number of ether oxygens (including phenoxy) is 1. The first-order valence-electron chi connectivity index (χ1n) is 6.86. The third-order valence-corrected chi connectivity index (χ3v) is 3.84. The highest BCUT2D eigenvalue weighted by molar-refractivity contribution is 7.16. The Morgan fingerprint density at radius 3 is 2.86 bits per heavy atom. The van der Waals surface area contributed by atoms with Gasteiger partial charge in [-0.25, -0.2) is 0 Å². The number of benzene rings is 1. The fourth-order valence-electron chi connectivity index (χ4n) is 2.06. The van der Waals surface area contributed by atoms with Crippen molar-refractivity contribution in [1.29, 1.82) is 0 Å². The molecule has 3 aromatic rings. The van der Waals surface area contributed by atoms with Crippen LogP contribution in [-0.4, -0.2) is 32.5 Å². The Labute approximate surface area is 126 Å². The molecule has 0 unspecified atom stereocenters.